The highest BCUT2D eigenvalue weighted by atomic mass is 32.2. The third-order valence-electron chi connectivity index (χ3n) is 4.96. The van der Waals surface area contributed by atoms with Crippen LogP contribution in [0.25, 0.3) is 0 Å². The van der Waals surface area contributed by atoms with Crippen LogP contribution >= 0.6 is 0 Å². The van der Waals surface area contributed by atoms with Crippen molar-refractivity contribution in [2.75, 3.05) is 18.0 Å². The third kappa shape index (κ3) is 5.13. The van der Waals surface area contributed by atoms with Gasteiger partial charge >= 0.3 is 5.97 Å². The number of nitrogens with zero attached hydrogens (tertiary/aromatic N) is 2. The molecule has 2 aromatic rings. The Morgan fingerprint density at radius 3 is 2.42 bits per heavy atom. The van der Waals surface area contributed by atoms with Crippen molar-refractivity contribution in [2.45, 2.75) is 18.6 Å². The van der Waals surface area contributed by atoms with Crippen molar-refractivity contribution < 1.29 is 36.3 Å². The Morgan fingerprint density at radius 2 is 1.77 bits per heavy atom. The summed E-state index contributed by atoms with van der Waals surface area (Å²) in [5, 5.41) is 9.27. The highest BCUT2D eigenvalue weighted by molar-refractivity contribution is 7.89. The molecule has 1 fully saturated rings. The summed E-state index contributed by atoms with van der Waals surface area (Å²) < 4.78 is 66.9. The lowest BCUT2D eigenvalue weighted by Crippen LogP contribution is -2.43. The molecule has 0 radical (unpaired) electrons. The molecule has 2 heterocycles. The summed E-state index contributed by atoms with van der Waals surface area (Å²) in [6.07, 6.45) is 3.11. The van der Waals surface area contributed by atoms with Crippen LogP contribution in [0.1, 0.15) is 28.8 Å². The molecule has 2 N–H and O–H groups in total. The Labute approximate surface area is 175 Å². The number of aromatic nitrogens is 1. The van der Waals surface area contributed by atoms with Crippen LogP contribution in [-0.2, 0) is 20.6 Å². The summed E-state index contributed by atoms with van der Waals surface area (Å²) in [6, 6.07) is 2.67. The van der Waals surface area contributed by atoms with Crippen LogP contribution in [0.3, 0.4) is 0 Å². The summed E-state index contributed by atoms with van der Waals surface area (Å²) in [7, 11) is -4.47. The molecule has 0 atom stereocenters. The van der Waals surface area contributed by atoms with Crippen LogP contribution in [0.5, 0.6) is 0 Å². The van der Waals surface area contributed by atoms with E-state index in [9.17, 15) is 36.3 Å². The topological polar surface area (TPSA) is 117 Å². The smallest absolute Gasteiger partial charge is 0.339 e. The maximum absolute atomic E-state index is 13.7. The van der Waals surface area contributed by atoms with E-state index in [1.165, 1.54) is 18.5 Å². The third-order valence-corrected chi connectivity index (χ3v) is 6.15. The lowest BCUT2D eigenvalue weighted by molar-refractivity contribution is -0.123. The zero-order valence-corrected chi connectivity index (χ0v) is 16.8. The molecule has 0 bridgehead atoms. The number of sulfonamides is 1. The van der Waals surface area contributed by atoms with Crippen molar-refractivity contribution in [1.29, 1.82) is 0 Å². The van der Waals surface area contributed by atoms with E-state index in [1.807, 2.05) is 0 Å². The number of rotatable bonds is 6. The van der Waals surface area contributed by atoms with E-state index in [0.29, 0.717) is 17.8 Å². The van der Waals surface area contributed by atoms with Gasteiger partial charge in [-0.15, -0.1) is 0 Å². The van der Waals surface area contributed by atoms with Crippen molar-refractivity contribution in [1.82, 2.24) is 9.71 Å². The van der Waals surface area contributed by atoms with Gasteiger partial charge in [0.05, 0.1) is 5.69 Å². The molecule has 3 rings (SSSR count). The molecular weight excluding hydrogens is 439 g/mol. The minimum atomic E-state index is -4.47. The van der Waals surface area contributed by atoms with Gasteiger partial charge in [0.25, 0.3) is 0 Å². The molecule has 0 unspecified atom stereocenters. The summed E-state index contributed by atoms with van der Waals surface area (Å²) in [5.74, 6) is -8.19. The van der Waals surface area contributed by atoms with Crippen LogP contribution in [0, 0.1) is 23.4 Å². The first-order valence-electron chi connectivity index (χ1n) is 9.18. The number of aromatic carboxylic acids is 1. The number of halogens is 3. The second-order valence-electron chi connectivity index (χ2n) is 7.01. The number of carboxylic acid groups (broad SMARTS) is 1. The maximum Gasteiger partial charge on any atom is 0.339 e. The minimum Gasteiger partial charge on any atom is -0.478 e. The number of pyridine rings is 1. The van der Waals surface area contributed by atoms with Gasteiger partial charge in [-0.25, -0.2) is 26.4 Å². The Kier molecular flexibility index (Phi) is 6.48. The maximum atomic E-state index is 13.7. The molecule has 1 saturated heterocycles. The molecule has 1 amide bonds. The first kappa shape index (κ1) is 22.5. The number of hydrogen-bond acceptors (Lipinski definition) is 6. The molecule has 1 aliphatic rings. The number of hydrogen-bond donors (Lipinski definition) is 2. The average molecular weight is 457 g/mol. The fraction of sp³-hybridized carbons (Fsp3) is 0.316. The van der Waals surface area contributed by atoms with Crippen LogP contribution < -0.4 is 9.62 Å². The highest BCUT2D eigenvalue weighted by Crippen LogP contribution is 2.26. The van der Waals surface area contributed by atoms with E-state index < -0.39 is 56.6 Å². The Balaban J connectivity index is 1.64. The minimum absolute atomic E-state index is 0.00660. The molecule has 8 nitrogen and oxygen atoms in total. The summed E-state index contributed by atoms with van der Waals surface area (Å²) in [4.78, 5) is 29.3. The molecule has 0 saturated carbocycles. The SMILES string of the molecule is O=C(O)c1cnccc1N1CCC(C(=O)NS(=O)(=O)Cc2c(F)ccc(F)c2F)CC1. The van der Waals surface area contributed by atoms with Crippen LogP contribution in [0.2, 0.25) is 0 Å². The standard InChI is InChI=1S/C19H18F3N3O5S/c20-14-1-2-15(21)17(22)13(14)10-31(29,30)24-18(26)11-4-7-25(8-5-11)16-3-6-23-9-12(16)19(27)28/h1-3,6,9,11H,4-5,7-8,10H2,(H,24,26)(H,27,28). The predicted molar refractivity (Wildman–Crippen MR) is 103 cm³/mol. The van der Waals surface area contributed by atoms with E-state index >= 15 is 0 Å². The quantitative estimate of drug-likeness (QED) is 0.638. The predicted octanol–water partition coefficient (Wildman–Crippen LogP) is 2.06. The number of carbonyl (C=O) groups is 2. The fourth-order valence-electron chi connectivity index (χ4n) is 3.37. The molecular formula is C19H18F3N3O5S. The second-order valence-corrected chi connectivity index (χ2v) is 8.73. The monoisotopic (exact) mass is 457 g/mol. The molecule has 1 aromatic carbocycles. The normalized spacial score (nSPS) is 15.0. The van der Waals surface area contributed by atoms with Crippen molar-refractivity contribution in [3.05, 3.63) is 59.2 Å². The molecule has 1 aromatic heterocycles. The fourth-order valence-corrected chi connectivity index (χ4v) is 4.56. The van der Waals surface area contributed by atoms with Gasteiger partial charge in [-0.3, -0.25) is 14.5 Å². The number of amides is 1. The first-order chi connectivity index (χ1) is 14.6. The van der Waals surface area contributed by atoms with Gasteiger partial charge in [-0.05, 0) is 31.0 Å². The van der Waals surface area contributed by atoms with E-state index in [1.54, 1.807) is 9.62 Å². The molecule has 1 aliphatic heterocycles. The van der Waals surface area contributed by atoms with Gasteiger partial charge in [0, 0.05) is 37.0 Å². The van der Waals surface area contributed by atoms with E-state index in [2.05, 4.69) is 4.98 Å². The molecule has 12 heteroatoms. The number of carboxylic acids is 1. The zero-order chi connectivity index (χ0) is 22.8. The van der Waals surface area contributed by atoms with Gasteiger partial charge < -0.3 is 10.0 Å². The van der Waals surface area contributed by atoms with Crippen molar-refractivity contribution >= 4 is 27.6 Å². The zero-order valence-electron chi connectivity index (χ0n) is 16.0. The Morgan fingerprint density at radius 1 is 1.13 bits per heavy atom. The summed E-state index contributed by atoms with van der Waals surface area (Å²) in [5.41, 5.74) is -0.549. The number of benzene rings is 1. The Bertz CT molecular complexity index is 1120. The summed E-state index contributed by atoms with van der Waals surface area (Å²) in [6.45, 7) is 0.575. The van der Waals surface area contributed by atoms with Crippen molar-refractivity contribution in [3.63, 3.8) is 0 Å². The van der Waals surface area contributed by atoms with E-state index in [0.717, 1.165) is 0 Å². The molecule has 31 heavy (non-hydrogen) atoms. The summed E-state index contributed by atoms with van der Waals surface area (Å²) >= 11 is 0. The van der Waals surface area contributed by atoms with Crippen LogP contribution in [0.15, 0.2) is 30.6 Å². The number of piperidine rings is 1. The molecule has 0 aliphatic carbocycles. The van der Waals surface area contributed by atoms with Crippen molar-refractivity contribution in [3.8, 4) is 0 Å². The van der Waals surface area contributed by atoms with E-state index in [-0.39, 0.29) is 31.5 Å². The van der Waals surface area contributed by atoms with Crippen molar-refractivity contribution in [2.24, 2.45) is 5.92 Å². The molecule has 0 spiro atoms. The number of nitrogens with one attached hydrogen (secondary N) is 1. The van der Waals surface area contributed by atoms with Gasteiger partial charge in [0.1, 0.15) is 17.1 Å². The Hall–Kier alpha value is -3.15. The lowest BCUT2D eigenvalue weighted by Gasteiger charge is -2.33. The lowest BCUT2D eigenvalue weighted by atomic mass is 9.95. The number of anilines is 1. The van der Waals surface area contributed by atoms with Crippen LogP contribution in [0.4, 0.5) is 18.9 Å². The number of carbonyl (C=O) groups excluding carboxylic acids is 1. The highest BCUT2D eigenvalue weighted by Gasteiger charge is 2.30. The first-order valence-corrected chi connectivity index (χ1v) is 10.8. The van der Waals surface area contributed by atoms with E-state index in [4.69, 9.17) is 0 Å². The van der Waals surface area contributed by atoms with Gasteiger partial charge in [0.2, 0.25) is 15.9 Å². The van der Waals surface area contributed by atoms with Gasteiger partial charge in [0.15, 0.2) is 11.6 Å². The molecule has 166 valence electrons. The van der Waals surface area contributed by atoms with Gasteiger partial charge in [-0.2, -0.15) is 0 Å². The average Bonchev–Trinajstić information content (AvgIpc) is 2.73. The second kappa shape index (κ2) is 8.92. The van der Waals surface area contributed by atoms with Crippen LogP contribution in [-0.4, -0.2) is 43.5 Å². The largest absolute Gasteiger partial charge is 0.478 e. The van der Waals surface area contributed by atoms with Gasteiger partial charge in [-0.1, -0.05) is 0 Å².